The predicted octanol–water partition coefficient (Wildman–Crippen LogP) is -4.14. The smallest absolute Gasteiger partial charge is 1.00 e. The fourth-order valence-corrected chi connectivity index (χ4v) is 0.118. The van der Waals surface area contributed by atoms with E-state index in [0.717, 1.165) is 12.7 Å². The number of hydrogen-bond acceptors (Lipinski definition) is 2. The van der Waals surface area contributed by atoms with Crippen LogP contribution >= 0.6 is 0 Å². The van der Waals surface area contributed by atoms with Gasteiger partial charge in [0.15, 0.2) is 0 Å². The van der Waals surface area contributed by atoms with Crippen molar-refractivity contribution in [2.75, 3.05) is 0 Å². The molecule has 62 valence electrons. The van der Waals surface area contributed by atoms with Gasteiger partial charge in [0.05, 0.1) is 0 Å². The molecule has 4 heteroatoms. The van der Waals surface area contributed by atoms with Crippen LogP contribution in [-0.2, 0) is 9.59 Å². The molecule has 0 heterocycles. The van der Waals surface area contributed by atoms with Crippen LogP contribution in [0.2, 0.25) is 0 Å². The topological polar surface area (TPSA) is 34.1 Å². The van der Waals surface area contributed by atoms with E-state index in [-0.39, 0.29) is 110 Å². The standard InChI is InChI=1S/C4H7O.C4H8O.2K.H/c1-4(2)3-5;1-2-3-4-5;;;/h4H,1-2H3;4H,2-3H2,1H3;;;/q-1;;2*+1;-1. The molecule has 0 fully saturated rings. The average Bonchev–Trinajstić information content (AvgIpc) is 1.91. The summed E-state index contributed by atoms with van der Waals surface area (Å²) in [7, 11) is 0. The number of rotatable bonds is 3. The van der Waals surface area contributed by atoms with E-state index < -0.39 is 0 Å². The van der Waals surface area contributed by atoms with Crippen LogP contribution in [0.25, 0.3) is 0 Å². The molecular weight excluding hydrogens is 206 g/mol. The summed E-state index contributed by atoms with van der Waals surface area (Å²) >= 11 is 0. The Kier molecular flexibility index (Phi) is 47.0. The maximum absolute atomic E-state index is 9.40. The zero-order valence-electron chi connectivity index (χ0n) is 9.89. The maximum atomic E-state index is 9.40. The SMILES string of the molecule is CC(C)[C-]=O.CCCC=O.[H-].[K+].[K+]. The third-order valence-electron chi connectivity index (χ3n) is 0.642. The summed E-state index contributed by atoms with van der Waals surface area (Å²) in [6, 6.07) is 0. The number of hydrogen-bond donors (Lipinski definition) is 0. The van der Waals surface area contributed by atoms with Gasteiger partial charge >= 0.3 is 103 Å². The van der Waals surface area contributed by atoms with Gasteiger partial charge in [-0.15, -0.1) is 5.92 Å². The minimum Gasteiger partial charge on any atom is -1.00 e. The Morgan fingerprint density at radius 1 is 1.42 bits per heavy atom. The van der Waals surface area contributed by atoms with Crippen LogP contribution in [0.5, 0.6) is 0 Å². The van der Waals surface area contributed by atoms with Crippen molar-refractivity contribution in [2.45, 2.75) is 33.6 Å². The molecular formula is C8H16K2O2. The summed E-state index contributed by atoms with van der Waals surface area (Å²) in [5.41, 5.74) is 0. The molecule has 0 saturated heterocycles. The largest absolute Gasteiger partial charge is 1.00 e. The molecule has 0 aliphatic carbocycles. The molecule has 0 amide bonds. The van der Waals surface area contributed by atoms with Crippen LogP contribution in [0.3, 0.4) is 0 Å². The predicted molar refractivity (Wildman–Crippen MR) is 42.6 cm³/mol. The van der Waals surface area contributed by atoms with E-state index in [0.29, 0.717) is 6.42 Å². The van der Waals surface area contributed by atoms with E-state index in [9.17, 15) is 9.59 Å². The van der Waals surface area contributed by atoms with Gasteiger partial charge in [-0.1, -0.05) is 20.8 Å². The van der Waals surface area contributed by atoms with Gasteiger partial charge in [-0.2, -0.15) is 0 Å². The summed E-state index contributed by atoms with van der Waals surface area (Å²) in [4.78, 5) is 18.8. The van der Waals surface area contributed by atoms with Crippen LogP contribution in [0, 0.1) is 5.92 Å². The molecule has 0 aromatic carbocycles. The number of aldehydes is 1. The molecule has 0 rings (SSSR count). The van der Waals surface area contributed by atoms with Gasteiger partial charge in [-0.3, -0.25) is 6.29 Å². The fraction of sp³-hybridized carbons (Fsp3) is 0.750. The zero-order valence-corrected chi connectivity index (χ0v) is 15.1. The van der Waals surface area contributed by atoms with Crippen molar-refractivity contribution < 1.29 is 114 Å². The normalized spacial score (nSPS) is 6.67. The number of carbonyl (C=O) groups excluding carboxylic acids is 2. The van der Waals surface area contributed by atoms with Crippen molar-refractivity contribution in [3.8, 4) is 0 Å². The number of unbranched alkanes of at least 4 members (excludes halogenated alkanes) is 1. The quantitative estimate of drug-likeness (QED) is 0.276. The van der Waals surface area contributed by atoms with E-state index >= 15 is 0 Å². The maximum Gasteiger partial charge on any atom is 1.00 e. The summed E-state index contributed by atoms with van der Waals surface area (Å²) in [5.74, 6) is 0.0787. The minimum absolute atomic E-state index is 0. The van der Waals surface area contributed by atoms with Crippen molar-refractivity contribution in [3.63, 3.8) is 0 Å². The van der Waals surface area contributed by atoms with Crippen molar-refractivity contribution in [1.29, 1.82) is 0 Å². The Labute approximate surface area is 162 Å². The zero-order chi connectivity index (χ0) is 8.41. The van der Waals surface area contributed by atoms with Crippen molar-refractivity contribution >= 4 is 12.6 Å². The molecule has 12 heavy (non-hydrogen) atoms. The van der Waals surface area contributed by atoms with Crippen molar-refractivity contribution in [1.82, 2.24) is 0 Å². The van der Waals surface area contributed by atoms with Crippen molar-refractivity contribution in [2.24, 2.45) is 5.92 Å². The molecule has 0 atom stereocenters. The molecule has 0 radical (unpaired) electrons. The van der Waals surface area contributed by atoms with Crippen LogP contribution in [0.4, 0.5) is 0 Å². The van der Waals surface area contributed by atoms with Crippen molar-refractivity contribution in [3.05, 3.63) is 0 Å². The van der Waals surface area contributed by atoms with Gasteiger partial charge in [-0.25, -0.2) is 0 Å². The second kappa shape index (κ2) is 23.4. The van der Waals surface area contributed by atoms with Gasteiger partial charge in [0, 0.05) is 6.42 Å². The Morgan fingerprint density at radius 2 is 1.75 bits per heavy atom. The Balaban J connectivity index is -0.0000000267. The van der Waals surface area contributed by atoms with Crippen LogP contribution in [-0.4, -0.2) is 12.6 Å². The second-order valence-electron chi connectivity index (χ2n) is 2.23. The van der Waals surface area contributed by atoms with Crippen LogP contribution in [0.1, 0.15) is 35.0 Å². The average molecular weight is 222 g/mol. The Hall–Kier alpha value is 2.61. The third-order valence-corrected chi connectivity index (χ3v) is 0.642. The summed E-state index contributed by atoms with van der Waals surface area (Å²) in [6.45, 7) is 5.58. The molecule has 0 unspecified atom stereocenters. The Morgan fingerprint density at radius 3 is 1.75 bits per heavy atom. The molecule has 0 aliphatic heterocycles. The molecule has 0 aliphatic rings. The van der Waals surface area contributed by atoms with Gasteiger partial charge in [-0.05, 0) is 6.42 Å². The molecule has 0 N–H and O–H groups in total. The first-order valence-electron chi connectivity index (χ1n) is 3.50. The molecule has 0 saturated carbocycles. The van der Waals surface area contributed by atoms with Gasteiger partial charge in [0.1, 0.15) is 6.29 Å². The first-order chi connectivity index (χ1) is 4.68. The fourth-order valence-electron chi connectivity index (χ4n) is 0.118. The summed E-state index contributed by atoms with van der Waals surface area (Å²) in [6.07, 6.45) is 4.39. The van der Waals surface area contributed by atoms with E-state index in [2.05, 4.69) is 0 Å². The van der Waals surface area contributed by atoms with E-state index in [1.807, 2.05) is 6.92 Å². The van der Waals surface area contributed by atoms with Gasteiger partial charge < -0.3 is 11.0 Å². The molecule has 0 aromatic heterocycles. The van der Waals surface area contributed by atoms with E-state index in [4.69, 9.17) is 0 Å². The first-order valence-corrected chi connectivity index (χ1v) is 3.50. The monoisotopic (exact) mass is 222 g/mol. The van der Waals surface area contributed by atoms with Gasteiger partial charge in [0.2, 0.25) is 0 Å². The van der Waals surface area contributed by atoms with E-state index in [1.54, 1.807) is 20.1 Å². The molecule has 0 aromatic rings. The second-order valence-corrected chi connectivity index (χ2v) is 2.23. The van der Waals surface area contributed by atoms with E-state index in [1.165, 1.54) is 0 Å². The number of carbonyl (C=O) groups is 1. The summed E-state index contributed by atoms with van der Waals surface area (Å²) in [5, 5.41) is 0. The molecule has 0 spiro atoms. The molecule has 0 bridgehead atoms. The third kappa shape index (κ3) is 38.9. The minimum atomic E-state index is 0. The molecule has 2 nitrogen and oxygen atoms in total. The van der Waals surface area contributed by atoms with Crippen LogP contribution < -0.4 is 103 Å². The van der Waals surface area contributed by atoms with Gasteiger partial charge in [0.25, 0.3) is 0 Å². The summed E-state index contributed by atoms with van der Waals surface area (Å²) < 4.78 is 0. The van der Waals surface area contributed by atoms with Crippen LogP contribution in [0.15, 0.2) is 0 Å². The first kappa shape index (κ1) is 24.0. The Bertz CT molecular complexity index is 90.2.